The molecule has 1 aliphatic rings. The van der Waals surface area contributed by atoms with Crippen molar-refractivity contribution in [1.29, 1.82) is 0 Å². The summed E-state index contributed by atoms with van der Waals surface area (Å²) in [5, 5.41) is 2.82. The standard InChI is InChI=1S/C13H17BrN2O2/c14-9-4-5-12(11(15)7-9)16-13(17)8-10-3-1-2-6-18-10/h4-5,7,10H,1-3,6,8,15H2,(H,16,17). The minimum atomic E-state index is -0.0454. The van der Waals surface area contributed by atoms with Gasteiger partial charge in [0, 0.05) is 11.1 Å². The molecular formula is C13H17BrN2O2. The summed E-state index contributed by atoms with van der Waals surface area (Å²) in [5.74, 6) is -0.0454. The molecule has 0 spiro atoms. The minimum Gasteiger partial charge on any atom is -0.397 e. The number of benzene rings is 1. The normalized spacial score (nSPS) is 19.5. The number of hydrogen-bond donors (Lipinski definition) is 2. The van der Waals surface area contributed by atoms with Crippen molar-refractivity contribution in [3.63, 3.8) is 0 Å². The number of nitrogens with two attached hydrogens (primary N) is 1. The van der Waals surface area contributed by atoms with Gasteiger partial charge >= 0.3 is 0 Å². The van der Waals surface area contributed by atoms with Gasteiger partial charge in [-0.25, -0.2) is 0 Å². The second-order valence-electron chi connectivity index (χ2n) is 4.47. The van der Waals surface area contributed by atoms with Crippen LogP contribution in [0.2, 0.25) is 0 Å². The fourth-order valence-electron chi connectivity index (χ4n) is 2.02. The van der Waals surface area contributed by atoms with Gasteiger partial charge in [0.05, 0.1) is 23.9 Å². The summed E-state index contributed by atoms with van der Waals surface area (Å²) < 4.78 is 6.43. The third-order valence-corrected chi connectivity index (χ3v) is 3.47. The second kappa shape index (κ2) is 6.20. The van der Waals surface area contributed by atoms with Crippen molar-refractivity contribution >= 4 is 33.2 Å². The average molecular weight is 313 g/mol. The molecule has 1 aromatic carbocycles. The summed E-state index contributed by atoms with van der Waals surface area (Å²) >= 11 is 3.33. The van der Waals surface area contributed by atoms with E-state index < -0.39 is 0 Å². The number of halogens is 1. The highest BCUT2D eigenvalue weighted by Crippen LogP contribution is 2.23. The maximum Gasteiger partial charge on any atom is 0.227 e. The third-order valence-electron chi connectivity index (χ3n) is 2.97. The van der Waals surface area contributed by atoms with Gasteiger partial charge in [0.2, 0.25) is 5.91 Å². The van der Waals surface area contributed by atoms with E-state index >= 15 is 0 Å². The Morgan fingerprint density at radius 1 is 1.50 bits per heavy atom. The zero-order chi connectivity index (χ0) is 13.0. The molecule has 18 heavy (non-hydrogen) atoms. The number of carbonyl (C=O) groups excluding carboxylic acids is 1. The van der Waals surface area contributed by atoms with E-state index in [9.17, 15) is 4.79 Å². The molecule has 0 bridgehead atoms. The van der Waals surface area contributed by atoms with Crippen LogP contribution in [-0.4, -0.2) is 18.6 Å². The quantitative estimate of drug-likeness (QED) is 0.843. The summed E-state index contributed by atoms with van der Waals surface area (Å²) in [7, 11) is 0. The Labute approximate surface area is 115 Å². The molecule has 1 aromatic rings. The highest BCUT2D eigenvalue weighted by Gasteiger charge is 2.18. The molecule has 1 saturated heterocycles. The van der Waals surface area contributed by atoms with Crippen molar-refractivity contribution in [2.75, 3.05) is 17.7 Å². The van der Waals surface area contributed by atoms with Crippen molar-refractivity contribution in [1.82, 2.24) is 0 Å². The number of amides is 1. The van der Waals surface area contributed by atoms with E-state index in [-0.39, 0.29) is 12.0 Å². The molecule has 5 heteroatoms. The number of nitrogen functional groups attached to an aromatic ring is 1. The Hall–Kier alpha value is -1.07. The summed E-state index contributed by atoms with van der Waals surface area (Å²) in [4.78, 5) is 11.9. The monoisotopic (exact) mass is 312 g/mol. The zero-order valence-electron chi connectivity index (χ0n) is 10.1. The van der Waals surface area contributed by atoms with Crippen molar-refractivity contribution in [3.8, 4) is 0 Å². The van der Waals surface area contributed by atoms with E-state index in [1.165, 1.54) is 0 Å². The molecule has 1 heterocycles. The fourth-order valence-corrected chi connectivity index (χ4v) is 2.40. The number of rotatable bonds is 3. The van der Waals surface area contributed by atoms with Gasteiger partial charge in [0.25, 0.3) is 0 Å². The molecule has 1 aliphatic heterocycles. The van der Waals surface area contributed by atoms with E-state index in [2.05, 4.69) is 21.2 Å². The van der Waals surface area contributed by atoms with Gasteiger partial charge in [0.15, 0.2) is 0 Å². The lowest BCUT2D eigenvalue weighted by molar-refractivity contribution is -0.119. The van der Waals surface area contributed by atoms with Crippen LogP contribution in [0.25, 0.3) is 0 Å². The molecule has 1 amide bonds. The molecule has 1 unspecified atom stereocenters. The van der Waals surface area contributed by atoms with Crippen molar-refractivity contribution < 1.29 is 9.53 Å². The first-order valence-corrected chi connectivity index (χ1v) is 6.91. The van der Waals surface area contributed by atoms with Crippen LogP contribution in [0.4, 0.5) is 11.4 Å². The van der Waals surface area contributed by atoms with E-state index in [0.717, 1.165) is 30.3 Å². The predicted molar refractivity (Wildman–Crippen MR) is 75.4 cm³/mol. The summed E-state index contributed by atoms with van der Waals surface area (Å²) in [5.41, 5.74) is 7.04. The molecule has 3 N–H and O–H groups in total. The number of carbonyl (C=O) groups is 1. The summed E-state index contributed by atoms with van der Waals surface area (Å²) in [6.07, 6.45) is 3.64. The maximum atomic E-state index is 11.9. The van der Waals surface area contributed by atoms with Crippen LogP contribution in [0.1, 0.15) is 25.7 Å². The van der Waals surface area contributed by atoms with Crippen LogP contribution in [0.3, 0.4) is 0 Å². The Bertz CT molecular complexity index is 431. The first-order valence-electron chi connectivity index (χ1n) is 6.11. The Morgan fingerprint density at radius 3 is 3.00 bits per heavy atom. The number of anilines is 2. The average Bonchev–Trinajstić information content (AvgIpc) is 2.34. The topological polar surface area (TPSA) is 64.3 Å². The highest BCUT2D eigenvalue weighted by molar-refractivity contribution is 9.10. The van der Waals surface area contributed by atoms with Crippen LogP contribution in [-0.2, 0) is 9.53 Å². The predicted octanol–water partition coefficient (Wildman–Crippen LogP) is 2.93. The van der Waals surface area contributed by atoms with Gasteiger partial charge in [-0.1, -0.05) is 15.9 Å². The van der Waals surface area contributed by atoms with Crippen LogP contribution in [0.5, 0.6) is 0 Å². The number of nitrogens with one attached hydrogen (secondary N) is 1. The largest absolute Gasteiger partial charge is 0.397 e. The first-order chi connectivity index (χ1) is 8.65. The van der Waals surface area contributed by atoms with E-state index in [0.29, 0.717) is 17.8 Å². The Morgan fingerprint density at radius 2 is 2.33 bits per heavy atom. The van der Waals surface area contributed by atoms with Crippen LogP contribution in [0, 0.1) is 0 Å². The molecule has 0 aliphatic carbocycles. The third kappa shape index (κ3) is 3.71. The smallest absolute Gasteiger partial charge is 0.227 e. The second-order valence-corrected chi connectivity index (χ2v) is 5.39. The van der Waals surface area contributed by atoms with Crippen molar-refractivity contribution in [2.45, 2.75) is 31.8 Å². The van der Waals surface area contributed by atoms with Gasteiger partial charge in [-0.3, -0.25) is 4.79 Å². The molecule has 0 saturated carbocycles. The SMILES string of the molecule is Nc1cc(Br)ccc1NC(=O)CC1CCCCO1. The van der Waals surface area contributed by atoms with Gasteiger partial charge in [-0.15, -0.1) is 0 Å². The fraction of sp³-hybridized carbons (Fsp3) is 0.462. The highest BCUT2D eigenvalue weighted by atomic mass is 79.9. The van der Waals surface area contributed by atoms with Crippen LogP contribution in [0.15, 0.2) is 22.7 Å². The molecule has 1 fully saturated rings. The molecule has 98 valence electrons. The summed E-state index contributed by atoms with van der Waals surface area (Å²) in [6.45, 7) is 0.762. The van der Waals surface area contributed by atoms with Crippen LogP contribution < -0.4 is 11.1 Å². The summed E-state index contributed by atoms with van der Waals surface area (Å²) in [6, 6.07) is 5.41. The lowest BCUT2D eigenvalue weighted by Crippen LogP contribution is -2.25. The minimum absolute atomic E-state index is 0.0454. The zero-order valence-corrected chi connectivity index (χ0v) is 11.7. The lowest BCUT2D eigenvalue weighted by atomic mass is 10.1. The molecule has 0 radical (unpaired) electrons. The van der Waals surface area contributed by atoms with E-state index in [1.54, 1.807) is 12.1 Å². The molecule has 4 nitrogen and oxygen atoms in total. The number of ether oxygens (including phenoxy) is 1. The molecular weight excluding hydrogens is 296 g/mol. The Balaban J connectivity index is 1.90. The van der Waals surface area contributed by atoms with Gasteiger partial charge < -0.3 is 15.8 Å². The van der Waals surface area contributed by atoms with Crippen molar-refractivity contribution in [3.05, 3.63) is 22.7 Å². The molecule has 0 aromatic heterocycles. The lowest BCUT2D eigenvalue weighted by Gasteiger charge is -2.22. The van der Waals surface area contributed by atoms with E-state index in [4.69, 9.17) is 10.5 Å². The van der Waals surface area contributed by atoms with Crippen molar-refractivity contribution in [2.24, 2.45) is 0 Å². The van der Waals surface area contributed by atoms with Crippen LogP contribution >= 0.6 is 15.9 Å². The Kier molecular flexibility index (Phi) is 4.60. The first kappa shape index (κ1) is 13.4. The van der Waals surface area contributed by atoms with E-state index in [1.807, 2.05) is 6.07 Å². The molecule has 1 atom stereocenters. The number of hydrogen-bond acceptors (Lipinski definition) is 3. The molecule has 2 rings (SSSR count). The van der Waals surface area contributed by atoms with Gasteiger partial charge in [-0.2, -0.15) is 0 Å². The maximum absolute atomic E-state index is 11.9. The van der Waals surface area contributed by atoms with Gasteiger partial charge in [0.1, 0.15) is 0 Å². The van der Waals surface area contributed by atoms with Gasteiger partial charge in [-0.05, 0) is 37.5 Å².